The number of methoxy groups -OCH3 is 1. The van der Waals surface area contributed by atoms with Gasteiger partial charge in [-0.2, -0.15) is 0 Å². The van der Waals surface area contributed by atoms with Gasteiger partial charge in [-0.05, 0) is 25.1 Å². The van der Waals surface area contributed by atoms with Crippen molar-refractivity contribution in [2.45, 2.75) is 19.4 Å². The topological polar surface area (TPSA) is 101 Å². The third-order valence-corrected chi connectivity index (χ3v) is 4.81. The Hall–Kier alpha value is -3.94. The largest absolute Gasteiger partial charge is 0.496 e. The number of rotatable bonds is 6. The average Bonchev–Trinajstić information content (AvgIpc) is 3.19. The zero-order valence-electron chi connectivity index (χ0n) is 16.6. The number of para-hydroxylation sites is 1. The third-order valence-electron chi connectivity index (χ3n) is 4.81. The molecule has 0 aliphatic heterocycles. The fourth-order valence-corrected chi connectivity index (χ4v) is 3.29. The Morgan fingerprint density at radius 3 is 2.83 bits per heavy atom. The highest BCUT2D eigenvalue weighted by Crippen LogP contribution is 2.19. The van der Waals surface area contributed by atoms with Crippen LogP contribution in [0.4, 0.5) is 0 Å². The van der Waals surface area contributed by atoms with Gasteiger partial charge in [0.05, 0.1) is 31.0 Å². The van der Waals surface area contributed by atoms with E-state index in [9.17, 15) is 9.59 Å². The minimum atomic E-state index is -0.429. The van der Waals surface area contributed by atoms with Crippen LogP contribution >= 0.6 is 0 Å². The molecule has 30 heavy (non-hydrogen) atoms. The van der Waals surface area contributed by atoms with E-state index >= 15 is 0 Å². The van der Waals surface area contributed by atoms with Crippen LogP contribution in [0.5, 0.6) is 5.75 Å². The zero-order valence-corrected chi connectivity index (χ0v) is 16.6. The van der Waals surface area contributed by atoms with Crippen molar-refractivity contribution in [3.05, 3.63) is 82.5 Å². The van der Waals surface area contributed by atoms with Crippen LogP contribution < -0.4 is 15.6 Å². The summed E-state index contributed by atoms with van der Waals surface area (Å²) in [6, 6.07) is 13.9. The first-order valence-corrected chi connectivity index (χ1v) is 9.49. The van der Waals surface area contributed by atoms with E-state index in [0.717, 1.165) is 16.8 Å². The molecule has 1 atom stereocenters. The molecule has 3 aromatic heterocycles. The molecule has 0 saturated heterocycles. The summed E-state index contributed by atoms with van der Waals surface area (Å²) in [5.74, 6) is 0.479. The summed E-state index contributed by atoms with van der Waals surface area (Å²) in [5, 5.41) is 5.93. The van der Waals surface area contributed by atoms with Gasteiger partial charge in [0.1, 0.15) is 5.75 Å². The van der Waals surface area contributed by atoms with Crippen molar-refractivity contribution in [3.63, 3.8) is 0 Å². The van der Waals surface area contributed by atoms with Gasteiger partial charge in [-0.25, -0.2) is 9.50 Å². The molecule has 8 heteroatoms. The van der Waals surface area contributed by atoms with Gasteiger partial charge in [-0.3, -0.25) is 19.7 Å². The molecule has 1 aromatic carbocycles. The average molecular weight is 403 g/mol. The first-order valence-electron chi connectivity index (χ1n) is 9.49. The molecule has 0 bridgehead atoms. The fourth-order valence-electron chi connectivity index (χ4n) is 3.29. The number of nitrogens with one attached hydrogen (secondary N) is 2. The molecule has 4 rings (SSSR count). The lowest BCUT2D eigenvalue weighted by atomic mass is 10.1. The molecule has 0 unspecified atom stereocenters. The minimum Gasteiger partial charge on any atom is -0.496 e. The number of fused-ring (bicyclic) bond motifs is 1. The van der Waals surface area contributed by atoms with Crippen molar-refractivity contribution in [1.82, 2.24) is 24.9 Å². The summed E-state index contributed by atoms with van der Waals surface area (Å²) >= 11 is 0. The molecule has 2 N–H and O–H groups in total. The van der Waals surface area contributed by atoms with Crippen LogP contribution in [0, 0.1) is 0 Å². The van der Waals surface area contributed by atoms with Crippen molar-refractivity contribution in [3.8, 4) is 17.0 Å². The van der Waals surface area contributed by atoms with E-state index in [1.807, 2.05) is 36.4 Å². The SMILES string of the molecule is COc1ccccc1CC(=O)N[C@H](C)c1cc(=O)n2[nH]c(-c3cccnc3)cc2n1. The Kier molecular flexibility index (Phi) is 5.30. The summed E-state index contributed by atoms with van der Waals surface area (Å²) in [4.78, 5) is 33.7. The normalized spacial score (nSPS) is 11.9. The van der Waals surface area contributed by atoms with Crippen LogP contribution in [-0.4, -0.2) is 32.6 Å². The van der Waals surface area contributed by atoms with E-state index in [0.29, 0.717) is 17.1 Å². The van der Waals surface area contributed by atoms with Gasteiger partial charge in [-0.15, -0.1) is 0 Å². The number of ether oxygens (including phenoxy) is 1. The maximum atomic E-state index is 12.6. The maximum Gasteiger partial charge on any atom is 0.272 e. The molecule has 0 spiro atoms. The van der Waals surface area contributed by atoms with Gasteiger partial charge in [0.15, 0.2) is 5.65 Å². The summed E-state index contributed by atoms with van der Waals surface area (Å²) in [6.07, 6.45) is 3.56. The number of nitrogens with zero attached hydrogens (tertiary/aromatic N) is 3. The second-order valence-electron chi connectivity index (χ2n) is 6.90. The number of aromatic amines is 1. The van der Waals surface area contributed by atoms with Crippen LogP contribution in [0.2, 0.25) is 0 Å². The summed E-state index contributed by atoms with van der Waals surface area (Å²) < 4.78 is 6.66. The number of hydrogen-bond donors (Lipinski definition) is 2. The van der Waals surface area contributed by atoms with Crippen LogP contribution in [0.3, 0.4) is 0 Å². The molecule has 152 valence electrons. The lowest BCUT2D eigenvalue weighted by Gasteiger charge is -2.14. The van der Waals surface area contributed by atoms with Gasteiger partial charge in [-0.1, -0.05) is 18.2 Å². The summed E-state index contributed by atoms with van der Waals surface area (Å²) in [7, 11) is 1.57. The van der Waals surface area contributed by atoms with Gasteiger partial charge < -0.3 is 10.1 Å². The minimum absolute atomic E-state index is 0.172. The number of aromatic nitrogens is 4. The first-order chi connectivity index (χ1) is 14.5. The molecular formula is C22H21N5O3. The monoisotopic (exact) mass is 403 g/mol. The van der Waals surface area contributed by atoms with E-state index in [-0.39, 0.29) is 17.9 Å². The van der Waals surface area contributed by atoms with Gasteiger partial charge in [0.25, 0.3) is 5.56 Å². The Morgan fingerprint density at radius 2 is 2.07 bits per heavy atom. The Morgan fingerprint density at radius 1 is 1.23 bits per heavy atom. The molecule has 4 aromatic rings. The Labute approximate surface area is 172 Å². The van der Waals surface area contributed by atoms with E-state index < -0.39 is 6.04 Å². The van der Waals surface area contributed by atoms with Crippen LogP contribution in [0.1, 0.15) is 24.2 Å². The molecule has 0 saturated carbocycles. The van der Waals surface area contributed by atoms with Gasteiger partial charge in [0.2, 0.25) is 5.91 Å². The molecule has 8 nitrogen and oxygen atoms in total. The lowest BCUT2D eigenvalue weighted by molar-refractivity contribution is -0.121. The number of carbonyl (C=O) groups is 1. The standard InChI is InChI=1S/C22H21N5O3/c1-14(24-21(28)10-15-6-3-4-8-19(15)30-2)17-12-22(29)27-20(25-17)11-18(26-27)16-7-5-9-23-13-16/h3-9,11-14,26H,10H2,1-2H3,(H,24,28)/t14-/m1/s1. The molecular weight excluding hydrogens is 382 g/mol. The highest BCUT2D eigenvalue weighted by atomic mass is 16.5. The van der Waals surface area contributed by atoms with Gasteiger partial charge >= 0.3 is 0 Å². The number of hydrogen-bond acceptors (Lipinski definition) is 5. The fraction of sp³-hybridized carbons (Fsp3) is 0.182. The van der Waals surface area contributed by atoms with E-state index in [1.165, 1.54) is 10.6 Å². The second-order valence-corrected chi connectivity index (χ2v) is 6.90. The highest BCUT2D eigenvalue weighted by molar-refractivity contribution is 5.79. The molecule has 0 fully saturated rings. The predicted molar refractivity (Wildman–Crippen MR) is 112 cm³/mol. The highest BCUT2D eigenvalue weighted by Gasteiger charge is 2.16. The Bertz CT molecular complexity index is 1250. The number of pyridine rings is 1. The zero-order chi connectivity index (χ0) is 21.1. The maximum absolute atomic E-state index is 12.6. The van der Waals surface area contributed by atoms with Crippen molar-refractivity contribution in [2.24, 2.45) is 0 Å². The lowest BCUT2D eigenvalue weighted by Crippen LogP contribution is -2.30. The third kappa shape index (κ3) is 3.93. The molecule has 0 aliphatic rings. The smallest absolute Gasteiger partial charge is 0.272 e. The van der Waals surface area contributed by atoms with Crippen LogP contribution in [-0.2, 0) is 11.2 Å². The van der Waals surface area contributed by atoms with Crippen molar-refractivity contribution in [2.75, 3.05) is 7.11 Å². The van der Waals surface area contributed by atoms with Crippen LogP contribution in [0.15, 0.2) is 65.7 Å². The van der Waals surface area contributed by atoms with Crippen molar-refractivity contribution in [1.29, 1.82) is 0 Å². The number of H-pyrrole nitrogens is 1. The van der Waals surface area contributed by atoms with E-state index in [2.05, 4.69) is 20.4 Å². The van der Waals surface area contributed by atoms with Gasteiger partial charge in [0, 0.05) is 35.7 Å². The number of carbonyl (C=O) groups excluding carboxylic acids is 1. The number of amides is 1. The van der Waals surface area contributed by atoms with Crippen molar-refractivity contribution < 1.29 is 9.53 Å². The van der Waals surface area contributed by atoms with E-state index in [1.54, 1.807) is 32.5 Å². The quantitative estimate of drug-likeness (QED) is 0.515. The van der Waals surface area contributed by atoms with E-state index in [4.69, 9.17) is 4.74 Å². The van der Waals surface area contributed by atoms with Crippen LogP contribution in [0.25, 0.3) is 16.9 Å². The molecule has 0 aliphatic carbocycles. The number of benzene rings is 1. The second kappa shape index (κ2) is 8.20. The molecule has 0 radical (unpaired) electrons. The molecule has 1 amide bonds. The predicted octanol–water partition coefficient (Wildman–Crippen LogP) is 2.51. The Balaban J connectivity index is 1.55. The van der Waals surface area contributed by atoms with Crippen molar-refractivity contribution >= 4 is 11.6 Å². The summed E-state index contributed by atoms with van der Waals surface area (Å²) in [5.41, 5.74) is 3.09. The summed E-state index contributed by atoms with van der Waals surface area (Å²) in [6.45, 7) is 1.80. The molecule has 3 heterocycles. The first kappa shape index (κ1) is 19.4.